The van der Waals surface area contributed by atoms with Crippen molar-refractivity contribution in [3.05, 3.63) is 167 Å². The molecule has 2 heteroatoms. The third-order valence-electron chi connectivity index (χ3n) is 11.1. The van der Waals surface area contributed by atoms with E-state index in [0.717, 1.165) is 18.6 Å². The van der Waals surface area contributed by atoms with Crippen molar-refractivity contribution in [2.24, 2.45) is 0 Å². The van der Waals surface area contributed by atoms with Gasteiger partial charge in [-0.05, 0) is 99.8 Å². The molecule has 0 bridgehead atoms. The lowest BCUT2D eigenvalue weighted by molar-refractivity contribution is 0.278. The lowest BCUT2D eigenvalue weighted by Crippen LogP contribution is -2.21. The number of aryl methyl sites for hydroxylation is 1. The topological polar surface area (TPSA) is 14.2 Å². The van der Waals surface area contributed by atoms with Gasteiger partial charge in [0.1, 0.15) is 11.9 Å². The molecule has 3 aliphatic carbocycles. The summed E-state index contributed by atoms with van der Waals surface area (Å²) < 4.78 is 8.99. The minimum atomic E-state index is -0.0314. The molecule has 2 heterocycles. The van der Waals surface area contributed by atoms with Crippen LogP contribution < -0.4 is 4.74 Å². The van der Waals surface area contributed by atoms with Crippen LogP contribution >= 0.6 is 0 Å². The van der Waals surface area contributed by atoms with Gasteiger partial charge >= 0.3 is 0 Å². The molecule has 2 unspecified atom stereocenters. The zero-order valence-electron chi connectivity index (χ0n) is 26.7. The molecule has 0 saturated carbocycles. The first-order valence-electron chi connectivity index (χ1n) is 16.9. The third-order valence-corrected chi connectivity index (χ3v) is 11.1. The molecule has 0 N–H and O–H groups in total. The highest BCUT2D eigenvalue weighted by atomic mass is 16.5. The van der Waals surface area contributed by atoms with Crippen LogP contribution in [0.2, 0.25) is 0 Å². The normalized spacial score (nSPS) is 19.4. The number of fused-ring (bicyclic) bond motifs is 9. The summed E-state index contributed by atoms with van der Waals surface area (Å²) in [6.07, 6.45) is 13.5. The fraction of sp³-hybridized carbons (Fsp3) is 0.156. The van der Waals surface area contributed by atoms with Gasteiger partial charge in [-0.25, -0.2) is 0 Å². The molecular weight excluding hydrogens is 571 g/mol. The molecule has 0 radical (unpaired) electrons. The highest BCUT2D eigenvalue weighted by molar-refractivity contribution is 5.97. The molecule has 226 valence electrons. The first-order valence-corrected chi connectivity index (χ1v) is 16.9. The standard InChI is InChI=1S/C45H35NO/c1-45(2)39-18-6-3-13-33(39)37-26-38-34-14-4-7-19-41(34)46(42(38)27-40(37)45)31-23-21-28(22-24-31)29-11-9-12-30(25-29)32-16-10-17-36-35-15-5-8-20-43(35)47-44(32)36/h3,5-13,15-27,36,44H,4,14H2,1-2H3. The number of rotatable bonds is 3. The Kier molecular flexibility index (Phi) is 5.61. The maximum atomic E-state index is 6.49. The van der Waals surface area contributed by atoms with Gasteiger partial charge in [0.15, 0.2) is 0 Å². The van der Waals surface area contributed by atoms with E-state index in [1.807, 2.05) is 0 Å². The fourth-order valence-corrected chi connectivity index (χ4v) is 8.72. The van der Waals surface area contributed by atoms with Gasteiger partial charge in [-0.3, -0.25) is 0 Å². The van der Waals surface area contributed by atoms with Gasteiger partial charge in [-0.2, -0.15) is 0 Å². The lowest BCUT2D eigenvalue weighted by Gasteiger charge is -2.23. The van der Waals surface area contributed by atoms with Gasteiger partial charge in [0.2, 0.25) is 0 Å². The monoisotopic (exact) mass is 605 g/mol. The summed E-state index contributed by atoms with van der Waals surface area (Å²) in [7, 11) is 0. The molecule has 0 fully saturated rings. The van der Waals surface area contributed by atoms with E-state index in [1.165, 1.54) is 77.9 Å². The van der Waals surface area contributed by atoms with Crippen LogP contribution in [0.25, 0.3) is 50.5 Å². The molecule has 2 nitrogen and oxygen atoms in total. The number of para-hydroxylation sites is 1. The van der Waals surface area contributed by atoms with E-state index in [0.29, 0.717) is 0 Å². The van der Waals surface area contributed by atoms with E-state index in [9.17, 15) is 0 Å². The third kappa shape index (κ3) is 3.85. The minimum Gasteiger partial charge on any atom is -0.484 e. The van der Waals surface area contributed by atoms with Crippen LogP contribution in [0.4, 0.5) is 0 Å². The summed E-state index contributed by atoms with van der Waals surface area (Å²) >= 11 is 0. The van der Waals surface area contributed by atoms with E-state index >= 15 is 0 Å². The zero-order valence-corrected chi connectivity index (χ0v) is 26.7. The molecule has 0 spiro atoms. The summed E-state index contributed by atoms with van der Waals surface area (Å²) in [6, 6.07) is 40.5. The molecule has 5 aromatic carbocycles. The van der Waals surface area contributed by atoms with Crippen molar-refractivity contribution in [1.82, 2.24) is 4.57 Å². The summed E-state index contributed by atoms with van der Waals surface area (Å²) in [5, 5.41) is 1.39. The Morgan fingerprint density at radius 1 is 0.745 bits per heavy atom. The molecule has 1 aromatic heterocycles. The Balaban J connectivity index is 1.04. The van der Waals surface area contributed by atoms with Crippen LogP contribution in [0.15, 0.2) is 133 Å². The zero-order chi connectivity index (χ0) is 31.3. The van der Waals surface area contributed by atoms with Gasteiger partial charge in [0.25, 0.3) is 0 Å². The minimum absolute atomic E-state index is 0.00972. The molecule has 0 amide bonds. The molecule has 0 saturated heterocycles. The van der Waals surface area contributed by atoms with Crippen LogP contribution in [0.3, 0.4) is 0 Å². The quantitative estimate of drug-likeness (QED) is 0.196. The molecule has 6 aromatic rings. The number of hydrogen-bond acceptors (Lipinski definition) is 1. The number of nitrogens with zero attached hydrogens (tertiary/aromatic N) is 1. The first-order chi connectivity index (χ1) is 23.1. The van der Waals surface area contributed by atoms with Crippen molar-refractivity contribution in [3.8, 4) is 33.7 Å². The highest BCUT2D eigenvalue weighted by Gasteiger charge is 2.38. The number of hydrogen-bond donors (Lipinski definition) is 0. The average molecular weight is 606 g/mol. The number of allylic oxidation sites excluding steroid dienone is 3. The van der Waals surface area contributed by atoms with Crippen LogP contribution in [0.5, 0.6) is 5.75 Å². The van der Waals surface area contributed by atoms with Crippen molar-refractivity contribution in [1.29, 1.82) is 0 Å². The summed E-state index contributed by atoms with van der Waals surface area (Å²) in [6.45, 7) is 4.74. The smallest absolute Gasteiger partial charge is 0.135 e. The summed E-state index contributed by atoms with van der Waals surface area (Å²) in [5.41, 5.74) is 17.0. The Morgan fingerprint density at radius 3 is 2.49 bits per heavy atom. The second-order valence-corrected chi connectivity index (χ2v) is 14.0. The second-order valence-electron chi connectivity index (χ2n) is 14.0. The molecule has 10 rings (SSSR count). The van der Waals surface area contributed by atoms with Crippen molar-refractivity contribution in [2.45, 2.75) is 44.1 Å². The number of ether oxygens (including phenoxy) is 1. The van der Waals surface area contributed by atoms with Crippen LogP contribution in [-0.4, -0.2) is 10.7 Å². The predicted octanol–water partition coefficient (Wildman–Crippen LogP) is 11.1. The molecule has 47 heavy (non-hydrogen) atoms. The maximum Gasteiger partial charge on any atom is 0.135 e. The Hall–Kier alpha value is -5.34. The number of benzene rings is 5. The van der Waals surface area contributed by atoms with E-state index in [-0.39, 0.29) is 17.4 Å². The van der Waals surface area contributed by atoms with Crippen LogP contribution in [0, 0.1) is 0 Å². The highest BCUT2D eigenvalue weighted by Crippen LogP contribution is 2.51. The van der Waals surface area contributed by atoms with E-state index in [2.05, 4.69) is 158 Å². The van der Waals surface area contributed by atoms with Crippen LogP contribution in [0.1, 0.15) is 59.7 Å². The lowest BCUT2D eigenvalue weighted by atomic mass is 9.82. The predicted molar refractivity (Wildman–Crippen MR) is 194 cm³/mol. The molecular formula is C45H35NO. The summed E-state index contributed by atoms with van der Waals surface area (Å²) in [4.78, 5) is 0. The van der Waals surface area contributed by atoms with Crippen LogP contribution in [-0.2, 0) is 11.8 Å². The Bertz CT molecular complexity index is 2360. The second kappa shape index (κ2) is 9.83. The van der Waals surface area contributed by atoms with Gasteiger partial charge in [-0.1, -0.05) is 111 Å². The molecule has 4 aliphatic rings. The van der Waals surface area contributed by atoms with E-state index in [1.54, 1.807) is 0 Å². The van der Waals surface area contributed by atoms with Crippen molar-refractivity contribution < 1.29 is 4.74 Å². The van der Waals surface area contributed by atoms with E-state index in [4.69, 9.17) is 4.74 Å². The fourth-order valence-electron chi connectivity index (χ4n) is 8.72. The summed E-state index contributed by atoms with van der Waals surface area (Å²) in [5.74, 6) is 1.26. The Labute approximate surface area is 276 Å². The number of aromatic nitrogens is 1. The molecule has 2 atom stereocenters. The van der Waals surface area contributed by atoms with E-state index < -0.39 is 0 Å². The Morgan fingerprint density at radius 2 is 1.57 bits per heavy atom. The van der Waals surface area contributed by atoms with Crippen molar-refractivity contribution >= 4 is 22.6 Å². The van der Waals surface area contributed by atoms with Crippen molar-refractivity contribution in [2.75, 3.05) is 0 Å². The maximum absolute atomic E-state index is 6.49. The van der Waals surface area contributed by atoms with Gasteiger partial charge in [-0.15, -0.1) is 0 Å². The van der Waals surface area contributed by atoms with Crippen molar-refractivity contribution in [3.63, 3.8) is 0 Å². The van der Waals surface area contributed by atoms with Gasteiger partial charge < -0.3 is 9.30 Å². The first kappa shape index (κ1) is 26.8. The SMILES string of the molecule is CC1(C)c2ccccc2-c2cc3c4c(n(-c5ccc(-c6cccc(C7=CC=CC8c9ccccc9OC78)c6)cc5)c3cc21)C=CCC4. The van der Waals surface area contributed by atoms with Gasteiger partial charge in [0, 0.05) is 39.2 Å². The molecule has 1 aliphatic heterocycles. The van der Waals surface area contributed by atoms with Gasteiger partial charge in [0.05, 0.1) is 5.52 Å². The average Bonchev–Trinajstić information content (AvgIpc) is 3.73. The largest absolute Gasteiger partial charge is 0.484 e.